The molecule has 4 aromatic rings. The van der Waals surface area contributed by atoms with Gasteiger partial charge < -0.3 is 0 Å². The van der Waals surface area contributed by atoms with Gasteiger partial charge in [0.25, 0.3) is 0 Å². The van der Waals surface area contributed by atoms with E-state index in [2.05, 4.69) is 58.9 Å². The number of aromatic nitrogens is 2. The van der Waals surface area contributed by atoms with Crippen molar-refractivity contribution in [3.8, 4) is 33.1 Å². The molecule has 0 aliphatic carbocycles. The number of nitrogens with zero attached hydrogens (tertiary/aromatic N) is 2. The maximum absolute atomic E-state index is 4.82. The smallest absolute Gasteiger partial charge is 0.0900 e. The van der Waals surface area contributed by atoms with Crippen LogP contribution in [0.15, 0.2) is 84.4 Å². The van der Waals surface area contributed by atoms with Gasteiger partial charge in [-0.2, -0.15) is 0 Å². The zero-order valence-corrected chi connectivity index (χ0v) is 13.2. The Kier molecular flexibility index (Phi) is 3.70. The minimum absolute atomic E-state index is 0.892. The van der Waals surface area contributed by atoms with E-state index < -0.39 is 0 Å². The van der Waals surface area contributed by atoms with Crippen LogP contribution in [0.5, 0.6) is 0 Å². The minimum atomic E-state index is 0.892. The molecule has 0 N–H and O–H groups in total. The van der Waals surface area contributed by atoms with Gasteiger partial charge in [0.15, 0.2) is 0 Å². The summed E-state index contributed by atoms with van der Waals surface area (Å²) in [5, 5.41) is 2.08. The van der Waals surface area contributed by atoms with Gasteiger partial charge in [-0.25, -0.2) is 4.98 Å². The zero-order chi connectivity index (χ0) is 15.5. The first kappa shape index (κ1) is 13.9. The molecule has 110 valence electrons. The maximum Gasteiger partial charge on any atom is 0.0900 e. The molecule has 2 nitrogen and oxygen atoms in total. The Labute approximate surface area is 139 Å². The van der Waals surface area contributed by atoms with Crippen molar-refractivity contribution >= 4 is 11.3 Å². The van der Waals surface area contributed by atoms with Gasteiger partial charge in [0.2, 0.25) is 0 Å². The summed E-state index contributed by atoms with van der Waals surface area (Å²) in [6, 6.07) is 24.7. The van der Waals surface area contributed by atoms with Crippen LogP contribution in [0, 0.1) is 0 Å². The van der Waals surface area contributed by atoms with Crippen molar-refractivity contribution in [1.29, 1.82) is 0 Å². The average Bonchev–Trinajstić information content (AvgIpc) is 3.18. The average molecular weight is 314 g/mol. The van der Waals surface area contributed by atoms with Crippen LogP contribution in [0.3, 0.4) is 0 Å². The van der Waals surface area contributed by atoms with Gasteiger partial charge in [0, 0.05) is 6.20 Å². The molecule has 0 spiro atoms. The monoisotopic (exact) mass is 314 g/mol. The molecule has 0 radical (unpaired) electrons. The molecule has 3 aromatic heterocycles. The lowest BCUT2D eigenvalue weighted by atomic mass is 10.0. The molecule has 3 heterocycles. The summed E-state index contributed by atoms with van der Waals surface area (Å²) in [4.78, 5) is 10.4. The molecule has 0 aliphatic rings. The molecule has 0 amide bonds. The summed E-state index contributed by atoms with van der Waals surface area (Å²) in [5.74, 6) is 0. The molecule has 0 bridgehead atoms. The van der Waals surface area contributed by atoms with Crippen LogP contribution in [0.4, 0.5) is 0 Å². The van der Waals surface area contributed by atoms with Crippen LogP contribution in [0.1, 0.15) is 0 Å². The van der Waals surface area contributed by atoms with Crippen LogP contribution in [0.25, 0.3) is 33.1 Å². The molecule has 0 aliphatic heterocycles. The van der Waals surface area contributed by atoms with Crippen LogP contribution >= 0.6 is 11.3 Å². The summed E-state index contributed by atoms with van der Waals surface area (Å²) in [5.41, 5.74) is 5.12. The number of pyridine rings is 2. The highest BCUT2D eigenvalue weighted by Gasteiger charge is 2.09. The van der Waals surface area contributed by atoms with Crippen molar-refractivity contribution < 1.29 is 0 Å². The maximum atomic E-state index is 4.82. The SMILES string of the molecule is c1ccc(-c2cc(-c3ccccn3)nc(-c3cccs3)c2)cc1. The number of hydrogen-bond donors (Lipinski definition) is 0. The Hall–Kier alpha value is -2.78. The van der Waals surface area contributed by atoms with E-state index in [1.54, 1.807) is 17.5 Å². The van der Waals surface area contributed by atoms with Crippen molar-refractivity contribution in [3.05, 3.63) is 84.4 Å². The third kappa shape index (κ3) is 2.91. The summed E-state index contributed by atoms with van der Waals surface area (Å²) in [6.45, 7) is 0. The number of thiophene rings is 1. The molecular formula is C20H14N2S. The first-order valence-electron chi connectivity index (χ1n) is 7.43. The lowest BCUT2D eigenvalue weighted by Gasteiger charge is -2.08. The summed E-state index contributed by atoms with van der Waals surface area (Å²) >= 11 is 1.70. The summed E-state index contributed by atoms with van der Waals surface area (Å²) in [7, 11) is 0. The van der Waals surface area contributed by atoms with Crippen LogP contribution in [0.2, 0.25) is 0 Å². The molecule has 0 unspecified atom stereocenters. The van der Waals surface area contributed by atoms with Crippen molar-refractivity contribution in [1.82, 2.24) is 9.97 Å². The Balaban J connectivity index is 1.91. The van der Waals surface area contributed by atoms with E-state index in [0.717, 1.165) is 22.6 Å². The van der Waals surface area contributed by atoms with Gasteiger partial charge in [-0.3, -0.25) is 4.98 Å². The van der Waals surface area contributed by atoms with Gasteiger partial charge in [0.1, 0.15) is 0 Å². The fraction of sp³-hybridized carbons (Fsp3) is 0. The van der Waals surface area contributed by atoms with Crippen molar-refractivity contribution in [2.75, 3.05) is 0 Å². The normalized spacial score (nSPS) is 10.6. The Morgan fingerprint density at radius 2 is 1.48 bits per heavy atom. The Bertz CT molecular complexity index is 843. The first-order chi connectivity index (χ1) is 11.4. The predicted molar refractivity (Wildman–Crippen MR) is 96.2 cm³/mol. The van der Waals surface area contributed by atoms with Gasteiger partial charge in [-0.05, 0) is 46.8 Å². The molecule has 0 saturated heterocycles. The third-order valence-electron chi connectivity index (χ3n) is 3.63. The fourth-order valence-electron chi connectivity index (χ4n) is 2.52. The number of benzene rings is 1. The first-order valence-corrected chi connectivity index (χ1v) is 8.31. The minimum Gasteiger partial charge on any atom is -0.255 e. The summed E-state index contributed by atoms with van der Waals surface area (Å²) in [6.07, 6.45) is 1.80. The van der Waals surface area contributed by atoms with Gasteiger partial charge in [-0.1, -0.05) is 42.5 Å². The lowest BCUT2D eigenvalue weighted by molar-refractivity contribution is 1.25. The van der Waals surface area contributed by atoms with Gasteiger partial charge in [-0.15, -0.1) is 11.3 Å². The van der Waals surface area contributed by atoms with E-state index in [1.165, 1.54) is 10.4 Å². The predicted octanol–water partition coefficient (Wildman–Crippen LogP) is 5.54. The second-order valence-corrected chi connectivity index (χ2v) is 6.13. The molecule has 0 fully saturated rings. The lowest BCUT2D eigenvalue weighted by Crippen LogP contribution is -1.91. The standard InChI is InChI=1S/C20H14N2S/c1-2-7-15(8-3-1)16-13-18(17-9-4-5-11-21-17)22-19(14-16)20-10-6-12-23-20/h1-14H. The largest absolute Gasteiger partial charge is 0.255 e. The van der Waals surface area contributed by atoms with Crippen LogP contribution in [-0.2, 0) is 0 Å². The second kappa shape index (κ2) is 6.15. The van der Waals surface area contributed by atoms with Crippen LogP contribution < -0.4 is 0 Å². The van der Waals surface area contributed by atoms with E-state index in [-0.39, 0.29) is 0 Å². The summed E-state index contributed by atoms with van der Waals surface area (Å²) < 4.78 is 0. The molecule has 0 saturated carbocycles. The van der Waals surface area contributed by atoms with Gasteiger partial charge in [0.05, 0.1) is 22.0 Å². The topological polar surface area (TPSA) is 25.8 Å². The van der Waals surface area contributed by atoms with Crippen LogP contribution in [-0.4, -0.2) is 9.97 Å². The molecule has 0 atom stereocenters. The zero-order valence-electron chi connectivity index (χ0n) is 12.4. The van der Waals surface area contributed by atoms with E-state index in [1.807, 2.05) is 24.3 Å². The van der Waals surface area contributed by atoms with E-state index >= 15 is 0 Å². The fourth-order valence-corrected chi connectivity index (χ4v) is 3.21. The Morgan fingerprint density at radius 3 is 2.22 bits per heavy atom. The molecule has 4 rings (SSSR count). The van der Waals surface area contributed by atoms with Crippen molar-refractivity contribution in [2.24, 2.45) is 0 Å². The number of hydrogen-bond acceptors (Lipinski definition) is 3. The molecule has 23 heavy (non-hydrogen) atoms. The van der Waals surface area contributed by atoms with E-state index in [0.29, 0.717) is 0 Å². The van der Waals surface area contributed by atoms with Crippen molar-refractivity contribution in [2.45, 2.75) is 0 Å². The second-order valence-electron chi connectivity index (χ2n) is 5.18. The third-order valence-corrected chi connectivity index (χ3v) is 4.53. The molecule has 3 heteroatoms. The van der Waals surface area contributed by atoms with Gasteiger partial charge >= 0.3 is 0 Å². The van der Waals surface area contributed by atoms with Crippen molar-refractivity contribution in [3.63, 3.8) is 0 Å². The van der Waals surface area contributed by atoms with E-state index in [9.17, 15) is 0 Å². The highest BCUT2D eigenvalue weighted by atomic mass is 32.1. The molecule has 1 aromatic carbocycles. The van der Waals surface area contributed by atoms with E-state index in [4.69, 9.17) is 4.98 Å². The highest BCUT2D eigenvalue weighted by molar-refractivity contribution is 7.13. The Morgan fingerprint density at radius 1 is 0.652 bits per heavy atom. The molecular weight excluding hydrogens is 300 g/mol. The number of rotatable bonds is 3. The quantitative estimate of drug-likeness (QED) is 0.496. The highest BCUT2D eigenvalue weighted by Crippen LogP contribution is 2.31.